The van der Waals surface area contributed by atoms with Gasteiger partial charge in [-0.1, -0.05) is 133 Å². The minimum Gasteiger partial charge on any atom is -0.309 e. The lowest BCUT2D eigenvalue weighted by atomic mass is 9.98. The Morgan fingerprint density at radius 3 is 1.78 bits per heavy atom. The van der Waals surface area contributed by atoms with Crippen molar-refractivity contribution in [1.82, 2.24) is 19.1 Å². The first-order valence-corrected chi connectivity index (χ1v) is 20.5. The van der Waals surface area contributed by atoms with E-state index in [9.17, 15) is 0 Å². The molecule has 0 N–H and O–H groups in total. The van der Waals surface area contributed by atoms with Crippen LogP contribution in [0.2, 0.25) is 0 Å². The van der Waals surface area contributed by atoms with Gasteiger partial charge >= 0.3 is 0 Å². The van der Waals surface area contributed by atoms with Crippen LogP contribution in [0.5, 0.6) is 0 Å². The fourth-order valence-corrected chi connectivity index (χ4v) is 9.66. The third-order valence-electron chi connectivity index (χ3n) is 12.4. The number of para-hydroxylation sites is 4. The minimum absolute atomic E-state index is 0.711. The zero-order chi connectivity index (χ0) is 39.3. The number of fused-ring (bicyclic) bond motifs is 11. The SMILES string of the molecule is c1ccc(-n2c3ccccc3c3c4cc(-c5nc(-c6ccc7cc(-n8c9ccccc9c9cc%10ccccc%10cc98)ccc7c6)nc6ccccc56)ccc4ccc32)cc1. The first-order valence-electron chi connectivity index (χ1n) is 20.5. The summed E-state index contributed by atoms with van der Waals surface area (Å²) in [6.07, 6.45) is 0. The minimum atomic E-state index is 0.711. The van der Waals surface area contributed by atoms with E-state index in [4.69, 9.17) is 9.97 Å². The Kier molecular flexibility index (Phi) is 6.98. The van der Waals surface area contributed by atoms with Crippen LogP contribution < -0.4 is 0 Å². The predicted molar refractivity (Wildman–Crippen MR) is 252 cm³/mol. The summed E-state index contributed by atoms with van der Waals surface area (Å²) in [6.45, 7) is 0. The van der Waals surface area contributed by atoms with Crippen LogP contribution in [0.1, 0.15) is 0 Å². The van der Waals surface area contributed by atoms with Gasteiger partial charge in [-0.05, 0) is 105 Å². The summed E-state index contributed by atoms with van der Waals surface area (Å²) < 4.78 is 4.78. The van der Waals surface area contributed by atoms with E-state index >= 15 is 0 Å². The molecule has 0 saturated heterocycles. The maximum absolute atomic E-state index is 5.38. The molecule has 3 heterocycles. The molecule has 0 radical (unpaired) electrons. The van der Waals surface area contributed by atoms with E-state index in [1.165, 1.54) is 65.2 Å². The lowest BCUT2D eigenvalue weighted by molar-refractivity contribution is 1.18. The van der Waals surface area contributed by atoms with Crippen LogP contribution >= 0.6 is 0 Å². The largest absolute Gasteiger partial charge is 0.309 e. The van der Waals surface area contributed by atoms with Gasteiger partial charge in [0.05, 0.1) is 33.3 Å². The van der Waals surface area contributed by atoms with E-state index in [-0.39, 0.29) is 0 Å². The standard InChI is InChI=1S/C56H34N4/c1-2-14-42(15-3-1)59-51-21-11-8-18-46(51)54-47-33-40(24-22-35(47)27-29-52(54)59)55-45-17-6-9-19-49(45)57-56(58-55)41-25-23-39-31-43(28-26-38(39)30-41)60-50-20-10-7-16-44(50)48-32-36-12-4-5-13-37(36)34-53(48)60/h1-34H. The van der Waals surface area contributed by atoms with Gasteiger partial charge in [-0.25, -0.2) is 9.97 Å². The summed E-state index contributed by atoms with van der Waals surface area (Å²) in [7, 11) is 0. The molecule has 278 valence electrons. The van der Waals surface area contributed by atoms with Gasteiger partial charge in [0.25, 0.3) is 0 Å². The second kappa shape index (κ2) is 12.7. The Labute approximate surface area is 344 Å². The normalized spacial score (nSPS) is 12.0. The Morgan fingerprint density at radius 2 is 0.917 bits per heavy atom. The molecule has 60 heavy (non-hydrogen) atoms. The summed E-state index contributed by atoms with van der Waals surface area (Å²) in [5, 5.41) is 13.2. The molecule has 4 heteroatoms. The van der Waals surface area contributed by atoms with E-state index < -0.39 is 0 Å². The molecule has 0 bridgehead atoms. The summed E-state index contributed by atoms with van der Waals surface area (Å²) in [5.74, 6) is 0.711. The second-order valence-corrected chi connectivity index (χ2v) is 15.8. The van der Waals surface area contributed by atoms with E-state index in [1.807, 2.05) is 0 Å². The highest BCUT2D eigenvalue weighted by atomic mass is 15.0. The van der Waals surface area contributed by atoms with Crippen LogP contribution in [0.4, 0.5) is 0 Å². The van der Waals surface area contributed by atoms with Gasteiger partial charge in [0.15, 0.2) is 5.82 Å². The molecule has 0 unspecified atom stereocenters. The van der Waals surface area contributed by atoms with Gasteiger partial charge in [-0.3, -0.25) is 0 Å². The summed E-state index contributed by atoms with van der Waals surface area (Å²) in [6, 6.07) is 74.4. The fraction of sp³-hybridized carbons (Fsp3) is 0. The number of hydrogen-bond acceptors (Lipinski definition) is 2. The molecule has 0 aliphatic heterocycles. The van der Waals surface area contributed by atoms with Crippen LogP contribution in [-0.4, -0.2) is 19.1 Å². The van der Waals surface area contributed by atoms with Crippen LogP contribution in [0.15, 0.2) is 206 Å². The molecule has 13 rings (SSSR count). The second-order valence-electron chi connectivity index (χ2n) is 15.8. The van der Waals surface area contributed by atoms with Crippen LogP contribution in [0.3, 0.4) is 0 Å². The summed E-state index contributed by atoms with van der Waals surface area (Å²) >= 11 is 0. The highest BCUT2D eigenvalue weighted by Crippen LogP contribution is 2.40. The van der Waals surface area contributed by atoms with Gasteiger partial charge in [0, 0.05) is 49.4 Å². The Bertz CT molecular complexity index is 3890. The molecule has 3 aromatic heterocycles. The van der Waals surface area contributed by atoms with Crippen molar-refractivity contribution in [3.05, 3.63) is 206 Å². The summed E-state index contributed by atoms with van der Waals surface area (Å²) in [5.41, 5.74) is 11.0. The molecule has 0 aliphatic rings. The molecule has 0 spiro atoms. The summed E-state index contributed by atoms with van der Waals surface area (Å²) in [4.78, 5) is 10.5. The molecular weight excluding hydrogens is 729 g/mol. The molecule has 0 atom stereocenters. The molecule has 0 amide bonds. The van der Waals surface area contributed by atoms with Gasteiger partial charge < -0.3 is 9.13 Å². The Morgan fingerprint density at radius 1 is 0.300 bits per heavy atom. The smallest absolute Gasteiger partial charge is 0.160 e. The molecule has 0 fully saturated rings. The quantitative estimate of drug-likeness (QED) is 0.179. The lowest BCUT2D eigenvalue weighted by Gasteiger charge is -2.12. The average Bonchev–Trinajstić information content (AvgIpc) is 3.83. The van der Waals surface area contributed by atoms with E-state index in [2.05, 4.69) is 215 Å². The molecule has 0 saturated carbocycles. The third-order valence-corrected chi connectivity index (χ3v) is 12.4. The van der Waals surface area contributed by atoms with Crippen molar-refractivity contribution in [2.45, 2.75) is 0 Å². The van der Waals surface area contributed by atoms with Crippen LogP contribution in [0, 0.1) is 0 Å². The predicted octanol–water partition coefficient (Wildman–Crippen LogP) is 14.6. The van der Waals surface area contributed by atoms with Crippen molar-refractivity contribution in [3.63, 3.8) is 0 Å². The Hall–Kier alpha value is -8.08. The average molecular weight is 763 g/mol. The number of aromatic nitrogens is 4. The first kappa shape index (κ1) is 32.9. The lowest BCUT2D eigenvalue weighted by Crippen LogP contribution is -1.96. The van der Waals surface area contributed by atoms with Crippen molar-refractivity contribution in [2.75, 3.05) is 0 Å². The van der Waals surface area contributed by atoms with E-state index in [0.29, 0.717) is 5.82 Å². The number of benzene rings is 10. The zero-order valence-electron chi connectivity index (χ0n) is 32.4. The molecule has 0 aliphatic carbocycles. The molecule has 4 nitrogen and oxygen atoms in total. The van der Waals surface area contributed by atoms with Crippen molar-refractivity contribution in [3.8, 4) is 34.0 Å². The van der Waals surface area contributed by atoms with Gasteiger partial charge in [-0.2, -0.15) is 0 Å². The van der Waals surface area contributed by atoms with Crippen molar-refractivity contribution >= 4 is 86.8 Å². The number of nitrogens with zero attached hydrogens (tertiary/aromatic N) is 4. The highest BCUT2D eigenvalue weighted by Gasteiger charge is 2.18. The number of hydrogen-bond donors (Lipinski definition) is 0. The van der Waals surface area contributed by atoms with Gasteiger partial charge in [0.1, 0.15) is 0 Å². The molecule has 13 aromatic rings. The van der Waals surface area contributed by atoms with E-state index in [1.54, 1.807) is 0 Å². The van der Waals surface area contributed by atoms with Crippen LogP contribution in [-0.2, 0) is 0 Å². The zero-order valence-corrected chi connectivity index (χ0v) is 32.4. The van der Waals surface area contributed by atoms with E-state index in [0.717, 1.165) is 49.9 Å². The maximum Gasteiger partial charge on any atom is 0.160 e. The first-order chi connectivity index (χ1) is 29.7. The third kappa shape index (κ3) is 4.91. The maximum atomic E-state index is 5.38. The topological polar surface area (TPSA) is 35.6 Å². The van der Waals surface area contributed by atoms with Crippen molar-refractivity contribution in [1.29, 1.82) is 0 Å². The van der Waals surface area contributed by atoms with Crippen molar-refractivity contribution < 1.29 is 0 Å². The van der Waals surface area contributed by atoms with Crippen LogP contribution in [0.25, 0.3) is 121 Å². The van der Waals surface area contributed by atoms with Crippen molar-refractivity contribution in [2.24, 2.45) is 0 Å². The highest BCUT2D eigenvalue weighted by molar-refractivity contribution is 6.22. The van der Waals surface area contributed by atoms with Gasteiger partial charge in [0.2, 0.25) is 0 Å². The van der Waals surface area contributed by atoms with Gasteiger partial charge in [-0.15, -0.1) is 0 Å². The molecular formula is C56H34N4. The monoisotopic (exact) mass is 762 g/mol. The fourth-order valence-electron chi connectivity index (χ4n) is 9.66. The Balaban J connectivity index is 0.958. The molecule has 10 aromatic carbocycles. The number of rotatable bonds is 4.